The molecule has 5 nitrogen and oxygen atoms in total. The van der Waals surface area contributed by atoms with Crippen LogP contribution in [0.4, 0.5) is 0 Å². The van der Waals surface area contributed by atoms with E-state index in [4.69, 9.17) is 4.74 Å². The lowest BCUT2D eigenvalue weighted by atomic mass is 10.1. The molecule has 25 heavy (non-hydrogen) atoms. The fourth-order valence-electron chi connectivity index (χ4n) is 2.37. The molecule has 0 aliphatic heterocycles. The molecule has 0 fully saturated rings. The molecule has 0 aromatic carbocycles. The number of nitriles is 1. The number of aryl methyl sites for hydroxylation is 3. The van der Waals surface area contributed by atoms with E-state index in [1.54, 1.807) is 12.3 Å². The topological polar surface area (TPSA) is 80.0 Å². The molecule has 0 saturated carbocycles. The minimum absolute atomic E-state index is 0.418. The number of rotatable bonds is 8. The van der Waals surface area contributed by atoms with Crippen LogP contribution in [0.1, 0.15) is 57.0 Å². The Hall–Kier alpha value is -2.04. The van der Waals surface area contributed by atoms with Crippen molar-refractivity contribution in [2.24, 2.45) is 0 Å². The van der Waals surface area contributed by atoms with Crippen molar-refractivity contribution >= 4 is 34.4 Å². The van der Waals surface area contributed by atoms with Gasteiger partial charge in [0.05, 0.1) is 6.07 Å². The molecule has 132 valence electrons. The average Bonchev–Trinajstić information content (AvgIpc) is 3.20. The first-order valence-electron chi connectivity index (χ1n) is 8.13. The molecule has 0 amide bonds. The molecule has 0 unspecified atom stereocenters. The molecule has 0 N–H and O–H groups in total. The van der Waals surface area contributed by atoms with Crippen molar-refractivity contribution in [1.29, 1.82) is 5.26 Å². The lowest BCUT2D eigenvalue weighted by Crippen LogP contribution is -2.19. The number of nitrogens with zero attached hydrogens (tertiary/aromatic N) is 2. The first-order valence-corrected chi connectivity index (χ1v) is 9.82. The van der Waals surface area contributed by atoms with Crippen molar-refractivity contribution in [3.05, 3.63) is 37.5 Å². The van der Waals surface area contributed by atoms with Gasteiger partial charge in [0.25, 0.3) is 0 Å². The van der Waals surface area contributed by atoms with Gasteiger partial charge in [0.1, 0.15) is 9.88 Å². The lowest BCUT2D eigenvalue weighted by molar-refractivity contribution is -0.122. The van der Waals surface area contributed by atoms with Gasteiger partial charge in [0, 0.05) is 16.0 Å². The van der Waals surface area contributed by atoms with E-state index in [-0.39, 0.29) is 0 Å². The maximum atomic E-state index is 12.2. The van der Waals surface area contributed by atoms with Gasteiger partial charge in [-0.25, -0.2) is 9.78 Å². The zero-order chi connectivity index (χ0) is 18.4. The highest BCUT2D eigenvalue weighted by molar-refractivity contribution is 7.14. The predicted octanol–water partition coefficient (Wildman–Crippen LogP) is 4.06. The van der Waals surface area contributed by atoms with Crippen molar-refractivity contribution in [3.63, 3.8) is 0 Å². The monoisotopic (exact) mass is 376 g/mol. The van der Waals surface area contributed by atoms with E-state index in [0.717, 1.165) is 30.5 Å². The number of thiazole rings is 1. The Morgan fingerprint density at radius 3 is 2.72 bits per heavy atom. The van der Waals surface area contributed by atoms with Gasteiger partial charge in [-0.05, 0) is 31.4 Å². The second-order valence-electron chi connectivity index (χ2n) is 5.59. The Morgan fingerprint density at radius 1 is 1.40 bits per heavy atom. The number of esters is 1. The number of carbonyl (C=O) groups is 2. The van der Waals surface area contributed by atoms with Crippen LogP contribution in [0.15, 0.2) is 11.4 Å². The number of hydrogen-bond donors (Lipinski definition) is 0. The molecule has 0 spiro atoms. The molecule has 2 heterocycles. The number of Topliss-reactive ketones (excluding diaryl/α,β-unsaturated/α-hetero) is 1. The molecule has 0 bridgehead atoms. The van der Waals surface area contributed by atoms with Gasteiger partial charge in [-0.3, -0.25) is 4.79 Å². The summed E-state index contributed by atoms with van der Waals surface area (Å²) in [7, 11) is 0. The Morgan fingerprint density at radius 2 is 2.16 bits per heavy atom. The van der Waals surface area contributed by atoms with Gasteiger partial charge in [0.2, 0.25) is 0 Å². The van der Waals surface area contributed by atoms with Crippen LogP contribution in [-0.4, -0.2) is 23.3 Å². The van der Waals surface area contributed by atoms with E-state index < -0.39 is 24.3 Å². The van der Waals surface area contributed by atoms with Crippen molar-refractivity contribution in [1.82, 2.24) is 4.98 Å². The zero-order valence-electron chi connectivity index (χ0n) is 14.5. The predicted molar refractivity (Wildman–Crippen MR) is 98.2 cm³/mol. The molecule has 0 aliphatic carbocycles. The third kappa shape index (κ3) is 4.74. The van der Waals surface area contributed by atoms with Gasteiger partial charge in [-0.2, -0.15) is 5.26 Å². The first kappa shape index (κ1) is 19.3. The Kier molecular flexibility index (Phi) is 6.85. The molecular formula is C18H20N2O3S2. The fraction of sp³-hybridized carbons (Fsp3) is 0.444. The van der Waals surface area contributed by atoms with E-state index in [1.165, 1.54) is 27.6 Å². The summed E-state index contributed by atoms with van der Waals surface area (Å²) in [6, 6.07) is 3.79. The fourth-order valence-corrected chi connectivity index (χ4v) is 4.48. The van der Waals surface area contributed by atoms with Crippen LogP contribution < -0.4 is 0 Å². The summed E-state index contributed by atoms with van der Waals surface area (Å²) in [5.41, 5.74) is 1.91. The normalized spacial score (nSPS) is 11.8. The summed E-state index contributed by atoms with van der Waals surface area (Å²) >= 11 is 2.68. The van der Waals surface area contributed by atoms with Crippen molar-refractivity contribution < 1.29 is 14.3 Å². The minimum atomic E-state index is -0.989. The molecular weight excluding hydrogens is 356 g/mol. The maximum Gasteiger partial charge on any atom is 0.348 e. The summed E-state index contributed by atoms with van der Waals surface area (Å²) in [6.45, 7) is 5.53. The molecule has 7 heteroatoms. The summed E-state index contributed by atoms with van der Waals surface area (Å²) < 4.78 is 5.14. The van der Waals surface area contributed by atoms with Gasteiger partial charge >= 0.3 is 5.97 Å². The standard InChI is InChI=1S/C18H20N2O3S2/c1-4-6-15-12(5-2)7-16(25-15)18(22)23-9-14(21)13(8-19)17-20-11(3)10-24-17/h7,10,13H,4-6,9H2,1-3H3/t13-/m0/s1. The lowest BCUT2D eigenvalue weighted by Gasteiger charge is -2.06. The third-order valence-electron chi connectivity index (χ3n) is 3.64. The molecule has 0 radical (unpaired) electrons. The molecule has 2 rings (SSSR count). The summed E-state index contributed by atoms with van der Waals surface area (Å²) in [4.78, 5) is 30.3. The number of thiophene rings is 1. The number of carbonyl (C=O) groups excluding carboxylic acids is 2. The number of ether oxygens (including phenoxy) is 1. The Bertz CT molecular complexity index is 802. The second kappa shape index (κ2) is 8.88. The smallest absolute Gasteiger partial charge is 0.348 e. The largest absolute Gasteiger partial charge is 0.453 e. The number of aromatic nitrogens is 1. The zero-order valence-corrected chi connectivity index (χ0v) is 16.1. The molecule has 0 saturated heterocycles. The molecule has 2 aromatic rings. The van der Waals surface area contributed by atoms with Crippen molar-refractivity contribution in [2.45, 2.75) is 46.0 Å². The molecule has 2 aromatic heterocycles. The number of ketones is 1. The summed E-state index contributed by atoms with van der Waals surface area (Å²) in [5.74, 6) is -1.95. The number of hydrogen-bond acceptors (Lipinski definition) is 7. The van der Waals surface area contributed by atoms with E-state index in [2.05, 4.69) is 11.9 Å². The SMILES string of the molecule is CCCc1sc(C(=O)OCC(=O)[C@H](C#N)c2nc(C)cs2)cc1CC. The van der Waals surface area contributed by atoms with Gasteiger partial charge in [-0.15, -0.1) is 22.7 Å². The highest BCUT2D eigenvalue weighted by Gasteiger charge is 2.25. The first-order chi connectivity index (χ1) is 12.0. The summed E-state index contributed by atoms with van der Waals surface area (Å²) in [5, 5.41) is 11.5. The van der Waals surface area contributed by atoms with E-state index in [9.17, 15) is 14.9 Å². The highest BCUT2D eigenvalue weighted by Crippen LogP contribution is 2.26. The van der Waals surface area contributed by atoms with Crippen LogP contribution in [0.5, 0.6) is 0 Å². The van der Waals surface area contributed by atoms with Crippen LogP contribution >= 0.6 is 22.7 Å². The van der Waals surface area contributed by atoms with Gasteiger partial charge in [-0.1, -0.05) is 20.3 Å². The van der Waals surface area contributed by atoms with Gasteiger partial charge in [0.15, 0.2) is 18.3 Å². The van der Waals surface area contributed by atoms with Crippen LogP contribution in [-0.2, 0) is 22.4 Å². The van der Waals surface area contributed by atoms with Gasteiger partial charge < -0.3 is 4.74 Å². The second-order valence-corrected chi connectivity index (χ2v) is 7.62. The van der Waals surface area contributed by atoms with E-state index in [1.807, 2.05) is 19.1 Å². The van der Waals surface area contributed by atoms with Crippen LogP contribution in [0.2, 0.25) is 0 Å². The minimum Gasteiger partial charge on any atom is -0.453 e. The maximum absolute atomic E-state index is 12.2. The van der Waals surface area contributed by atoms with Crippen molar-refractivity contribution in [2.75, 3.05) is 6.61 Å². The summed E-state index contributed by atoms with van der Waals surface area (Å²) in [6.07, 6.45) is 2.80. The Balaban J connectivity index is 2.01. The van der Waals surface area contributed by atoms with Crippen LogP contribution in [0.25, 0.3) is 0 Å². The quantitative estimate of drug-likeness (QED) is 0.649. The molecule has 0 aliphatic rings. The Labute approximate surface area is 155 Å². The third-order valence-corrected chi connectivity index (χ3v) is 5.88. The average molecular weight is 377 g/mol. The van der Waals surface area contributed by atoms with E-state index in [0.29, 0.717) is 9.88 Å². The van der Waals surface area contributed by atoms with Crippen LogP contribution in [0, 0.1) is 18.3 Å². The van der Waals surface area contributed by atoms with E-state index >= 15 is 0 Å². The molecule has 1 atom stereocenters. The van der Waals surface area contributed by atoms with Crippen LogP contribution in [0.3, 0.4) is 0 Å². The van der Waals surface area contributed by atoms with Crippen molar-refractivity contribution in [3.8, 4) is 6.07 Å². The highest BCUT2D eigenvalue weighted by atomic mass is 32.1.